The van der Waals surface area contributed by atoms with Gasteiger partial charge < -0.3 is 89.0 Å². The molecule has 25 unspecified atom stereocenters. The Kier molecular flexibility index (Phi) is 14.5. The lowest BCUT2D eigenvalue weighted by atomic mass is 9.33. The number of carbonyl (C=O) groups excluding carboxylic acids is 1. The molecule has 4 heterocycles. The van der Waals surface area contributed by atoms with Crippen LogP contribution < -0.4 is 0 Å². The molecule has 9 rings (SSSR count). The number of rotatable bonds is 8. The predicted molar refractivity (Wildman–Crippen MR) is 243 cm³/mol. The number of esters is 1. The molecule has 70 heavy (non-hydrogen) atoms. The van der Waals surface area contributed by atoms with E-state index in [2.05, 4.69) is 54.5 Å². The zero-order valence-corrected chi connectivity index (χ0v) is 42.0. The molecule has 0 spiro atoms. The van der Waals surface area contributed by atoms with Crippen LogP contribution in [0.3, 0.4) is 0 Å². The lowest BCUT2D eigenvalue weighted by Crippen LogP contribution is -2.66. The Morgan fingerprint density at radius 1 is 0.586 bits per heavy atom. The molecule has 0 amide bonds. The normalized spacial score (nSPS) is 54.4. The van der Waals surface area contributed by atoms with Crippen molar-refractivity contribution >= 4 is 5.97 Å². The van der Waals surface area contributed by atoms with E-state index in [4.69, 9.17) is 37.9 Å². The summed E-state index contributed by atoms with van der Waals surface area (Å²) in [5, 5.41) is 108. The van der Waals surface area contributed by atoms with Gasteiger partial charge in [-0.15, -0.1) is 0 Å². The van der Waals surface area contributed by atoms with Crippen molar-refractivity contribution in [2.24, 2.45) is 50.2 Å². The fraction of sp³-hybridized carbons (Fsp3) is 0.941. The van der Waals surface area contributed by atoms with Crippen molar-refractivity contribution < 1.29 is 93.8 Å². The smallest absolute Gasteiger partial charge is 0.315 e. The van der Waals surface area contributed by atoms with Crippen LogP contribution in [0.5, 0.6) is 0 Å². The second kappa shape index (κ2) is 19.0. The fourth-order valence-corrected chi connectivity index (χ4v) is 15.5. The summed E-state index contributed by atoms with van der Waals surface area (Å²) >= 11 is 0. The van der Waals surface area contributed by atoms with Crippen molar-refractivity contribution in [1.82, 2.24) is 0 Å². The Bertz CT molecular complexity index is 1930. The Morgan fingerprint density at radius 3 is 1.77 bits per heavy atom. The van der Waals surface area contributed by atoms with Gasteiger partial charge in [0, 0.05) is 0 Å². The summed E-state index contributed by atoms with van der Waals surface area (Å²) in [5.74, 6) is 0.139. The third kappa shape index (κ3) is 8.57. The van der Waals surface area contributed by atoms with Gasteiger partial charge in [0.2, 0.25) is 6.29 Å². The zero-order chi connectivity index (χ0) is 50.8. The summed E-state index contributed by atoms with van der Waals surface area (Å²) in [6, 6.07) is 0. The molecule has 0 aromatic carbocycles. The molecule has 400 valence electrons. The summed E-state index contributed by atoms with van der Waals surface area (Å²) in [6.45, 7) is 16.6. The van der Waals surface area contributed by atoms with Gasteiger partial charge in [-0.1, -0.05) is 60.1 Å². The molecule has 0 aromatic heterocycles. The van der Waals surface area contributed by atoms with E-state index >= 15 is 4.79 Å². The maximum absolute atomic E-state index is 15.3. The molecule has 25 atom stereocenters. The number of hydrogen-bond donors (Lipinski definition) is 10. The van der Waals surface area contributed by atoms with Crippen molar-refractivity contribution in [1.29, 1.82) is 0 Å². The Morgan fingerprint density at radius 2 is 1.14 bits per heavy atom. The molecule has 8 fully saturated rings. The number of fused-ring (bicyclic) bond motifs is 7. The maximum Gasteiger partial charge on any atom is 0.315 e. The lowest BCUT2D eigenvalue weighted by Gasteiger charge is -2.71. The highest BCUT2D eigenvalue weighted by Crippen LogP contribution is 2.76. The number of allylic oxidation sites excluding steroid dienone is 2. The second-order valence-electron chi connectivity index (χ2n) is 24.9. The average Bonchev–Trinajstić information content (AvgIpc) is 3.30. The maximum atomic E-state index is 15.3. The van der Waals surface area contributed by atoms with E-state index in [1.54, 1.807) is 0 Å². The van der Waals surface area contributed by atoms with E-state index in [9.17, 15) is 51.1 Å². The topological polar surface area (TPSA) is 293 Å². The van der Waals surface area contributed by atoms with Crippen molar-refractivity contribution in [2.75, 3.05) is 19.8 Å². The van der Waals surface area contributed by atoms with Gasteiger partial charge >= 0.3 is 5.97 Å². The minimum atomic E-state index is -1.90. The molecule has 9 aliphatic rings. The minimum absolute atomic E-state index is 0.0453. The van der Waals surface area contributed by atoms with Crippen molar-refractivity contribution in [3.05, 3.63) is 11.6 Å². The summed E-state index contributed by atoms with van der Waals surface area (Å²) in [5.41, 5.74) is -0.102. The van der Waals surface area contributed by atoms with E-state index in [1.165, 1.54) is 12.5 Å². The summed E-state index contributed by atoms with van der Waals surface area (Å²) in [6.07, 6.45) is -16.9. The second-order valence-corrected chi connectivity index (χ2v) is 24.9. The standard InChI is InChI=1S/C51H82O19/c1-23-38(67-41-35(59)32(56)26(52)20-63-41)39(68-42-36(60)33(57)27(53)21-64-42)37(61)43(66-23)69-40-34(58)28(54)22-65-44(40)70-45(62)51-17-15-46(2,3)19-25(51)24-9-10-30-48(6)13-12-31(55)47(4,5)29(48)11-14-50(30,8)49(24,7)16-18-51/h9,23,25-44,52-61H,10-22H2,1-8H3. The average molecular weight is 999 g/mol. The summed E-state index contributed by atoms with van der Waals surface area (Å²) in [4.78, 5) is 15.3. The largest absolute Gasteiger partial charge is 0.432 e. The molecular weight excluding hydrogens is 917 g/mol. The highest BCUT2D eigenvalue weighted by atomic mass is 16.8. The van der Waals surface area contributed by atoms with E-state index < -0.39 is 136 Å². The molecule has 19 heteroatoms. The number of aliphatic hydroxyl groups is 10. The number of hydrogen-bond acceptors (Lipinski definition) is 19. The third-order valence-electron chi connectivity index (χ3n) is 20.2. The molecule has 0 aromatic rings. The molecule has 4 saturated heterocycles. The predicted octanol–water partition coefficient (Wildman–Crippen LogP) is 0.910. The van der Waals surface area contributed by atoms with E-state index in [0.29, 0.717) is 24.7 Å². The van der Waals surface area contributed by atoms with Crippen LogP contribution in [0.15, 0.2) is 11.6 Å². The third-order valence-corrected chi connectivity index (χ3v) is 20.2. The molecule has 10 N–H and O–H groups in total. The van der Waals surface area contributed by atoms with Gasteiger partial charge in [-0.3, -0.25) is 4.79 Å². The summed E-state index contributed by atoms with van der Waals surface area (Å²) < 4.78 is 47.9. The first kappa shape index (κ1) is 53.4. The minimum Gasteiger partial charge on any atom is -0.432 e. The molecular formula is C51H82O19. The van der Waals surface area contributed by atoms with Gasteiger partial charge in [-0.05, 0) is 116 Å². The fourth-order valence-electron chi connectivity index (χ4n) is 15.5. The molecule has 19 nitrogen and oxygen atoms in total. The zero-order valence-electron chi connectivity index (χ0n) is 42.0. The lowest BCUT2D eigenvalue weighted by molar-refractivity contribution is -0.388. The first-order chi connectivity index (χ1) is 32.7. The molecule has 0 radical (unpaired) electrons. The quantitative estimate of drug-likeness (QED) is 0.119. The van der Waals surface area contributed by atoms with Crippen LogP contribution in [0, 0.1) is 50.2 Å². The van der Waals surface area contributed by atoms with Gasteiger partial charge in [0.15, 0.2) is 25.0 Å². The molecule has 5 aliphatic carbocycles. The summed E-state index contributed by atoms with van der Waals surface area (Å²) in [7, 11) is 0. The molecule has 4 aliphatic heterocycles. The van der Waals surface area contributed by atoms with Gasteiger partial charge in [0.05, 0.1) is 37.4 Å². The van der Waals surface area contributed by atoms with Crippen LogP contribution in [0.25, 0.3) is 0 Å². The Balaban J connectivity index is 0.976. The monoisotopic (exact) mass is 999 g/mol. The van der Waals surface area contributed by atoms with Gasteiger partial charge in [0.25, 0.3) is 0 Å². The SMILES string of the molecule is CC1OC(OC2C(OC(=O)C34CCC(C)(C)CC3C3=CCC5C6(C)CCC(O)C(C)(C)C6CCC5(C)C3(C)CC4)OCC(O)C2O)C(O)C(OC2OCC(O)C(O)C2O)C1OC1OCC(O)C(O)C1O. The first-order valence-corrected chi connectivity index (χ1v) is 25.9. The molecule has 0 bridgehead atoms. The van der Waals surface area contributed by atoms with Crippen LogP contribution >= 0.6 is 0 Å². The first-order valence-electron chi connectivity index (χ1n) is 25.9. The molecule has 4 saturated carbocycles. The van der Waals surface area contributed by atoms with Crippen LogP contribution in [-0.4, -0.2) is 187 Å². The van der Waals surface area contributed by atoms with E-state index in [0.717, 1.165) is 51.4 Å². The van der Waals surface area contributed by atoms with Gasteiger partial charge in [0.1, 0.15) is 67.1 Å². The van der Waals surface area contributed by atoms with Crippen LogP contribution in [-0.2, 0) is 42.7 Å². The van der Waals surface area contributed by atoms with Crippen molar-refractivity contribution in [2.45, 2.75) is 230 Å². The van der Waals surface area contributed by atoms with Crippen molar-refractivity contribution in [3.63, 3.8) is 0 Å². The highest BCUT2D eigenvalue weighted by Gasteiger charge is 2.70. The van der Waals surface area contributed by atoms with E-state index in [1.807, 2.05) is 0 Å². The number of carbonyl (C=O) groups is 1. The Hall–Kier alpha value is -1.47. The van der Waals surface area contributed by atoms with Crippen LogP contribution in [0.4, 0.5) is 0 Å². The van der Waals surface area contributed by atoms with Crippen LogP contribution in [0.2, 0.25) is 0 Å². The van der Waals surface area contributed by atoms with Crippen molar-refractivity contribution in [3.8, 4) is 0 Å². The van der Waals surface area contributed by atoms with Gasteiger partial charge in [-0.25, -0.2) is 0 Å². The van der Waals surface area contributed by atoms with E-state index in [-0.39, 0.29) is 39.1 Å². The number of ether oxygens (including phenoxy) is 8. The number of aliphatic hydroxyl groups excluding tert-OH is 10. The Labute approximate surface area is 410 Å². The van der Waals surface area contributed by atoms with Gasteiger partial charge in [-0.2, -0.15) is 0 Å². The van der Waals surface area contributed by atoms with Crippen LogP contribution in [0.1, 0.15) is 120 Å². The highest BCUT2D eigenvalue weighted by molar-refractivity contribution is 5.79.